The number of hydrogen-bond donors (Lipinski definition) is 1. The number of piperidine rings is 1. The molecule has 2 aromatic rings. The van der Waals surface area contributed by atoms with E-state index in [2.05, 4.69) is 65.3 Å². The van der Waals surface area contributed by atoms with E-state index in [4.69, 9.17) is 0 Å². The molecule has 21 heavy (non-hydrogen) atoms. The van der Waals surface area contributed by atoms with Crippen molar-refractivity contribution < 1.29 is 0 Å². The summed E-state index contributed by atoms with van der Waals surface area (Å²) in [6.07, 6.45) is 4.10. The molecule has 3 rings (SSSR count). The highest BCUT2D eigenvalue weighted by atomic mass is 79.9. The SMILES string of the molecule is Brc1ccc(Br)c(NC2CCN(c3ccccn3)CC2)c1. The molecule has 0 radical (unpaired) electrons. The van der Waals surface area contributed by atoms with Gasteiger partial charge in [0.2, 0.25) is 0 Å². The standard InChI is InChI=1S/C16H17Br2N3/c17-12-4-5-14(18)15(11-12)20-13-6-9-21(10-7-13)16-3-1-2-8-19-16/h1-5,8,11,13,20H,6-7,9-10H2. The van der Waals surface area contributed by atoms with Gasteiger partial charge in [0, 0.05) is 40.0 Å². The molecule has 0 unspecified atom stereocenters. The van der Waals surface area contributed by atoms with Crippen LogP contribution in [-0.2, 0) is 0 Å². The van der Waals surface area contributed by atoms with Gasteiger partial charge in [-0.2, -0.15) is 0 Å². The Morgan fingerprint density at radius 3 is 2.62 bits per heavy atom. The number of halogens is 2. The summed E-state index contributed by atoms with van der Waals surface area (Å²) >= 11 is 7.13. The Morgan fingerprint density at radius 2 is 1.90 bits per heavy atom. The van der Waals surface area contributed by atoms with Gasteiger partial charge in [-0.05, 0) is 59.1 Å². The molecule has 0 aliphatic carbocycles. The molecule has 0 spiro atoms. The second-order valence-electron chi connectivity index (χ2n) is 5.22. The van der Waals surface area contributed by atoms with Crippen molar-refractivity contribution in [3.63, 3.8) is 0 Å². The van der Waals surface area contributed by atoms with Gasteiger partial charge in [0.25, 0.3) is 0 Å². The van der Waals surface area contributed by atoms with Gasteiger partial charge in [-0.15, -0.1) is 0 Å². The molecule has 1 fully saturated rings. The van der Waals surface area contributed by atoms with Crippen LogP contribution in [0.25, 0.3) is 0 Å². The number of anilines is 2. The molecular formula is C16H17Br2N3. The molecule has 0 amide bonds. The normalized spacial score (nSPS) is 16.0. The van der Waals surface area contributed by atoms with Crippen molar-refractivity contribution in [2.45, 2.75) is 18.9 Å². The lowest BCUT2D eigenvalue weighted by Crippen LogP contribution is -2.39. The van der Waals surface area contributed by atoms with Gasteiger partial charge in [-0.3, -0.25) is 0 Å². The number of benzene rings is 1. The number of aromatic nitrogens is 1. The van der Waals surface area contributed by atoms with Crippen LogP contribution in [0.5, 0.6) is 0 Å². The van der Waals surface area contributed by atoms with Crippen molar-refractivity contribution in [3.05, 3.63) is 51.5 Å². The first-order valence-electron chi connectivity index (χ1n) is 7.10. The molecular weight excluding hydrogens is 394 g/mol. The number of rotatable bonds is 3. The van der Waals surface area contributed by atoms with Gasteiger partial charge < -0.3 is 10.2 Å². The van der Waals surface area contributed by atoms with Gasteiger partial charge in [0.1, 0.15) is 5.82 Å². The number of nitrogens with zero attached hydrogens (tertiary/aromatic N) is 2. The number of pyridine rings is 1. The largest absolute Gasteiger partial charge is 0.381 e. The van der Waals surface area contributed by atoms with Crippen LogP contribution in [0, 0.1) is 0 Å². The van der Waals surface area contributed by atoms with E-state index < -0.39 is 0 Å². The van der Waals surface area contributed by atoms with Crippen LogP contribution < -0.4 is 10.2 Å². The fourth-order valence-electron chi connectivity index (χ4n) is 2.62. The Kier molecular flexibility index (Phi) is 4.80. The third-order valence-electron chi connectivity index (χ3n) is 3.76. The maximum absolute atomic E-state index is 4.43. The number of hydrogen-bond acceptors (Lipinski definition) is 3. The van der Waals surface area contributed by atoms with Gasteiger partial charge in [0.15, 0.2) is 0 Å². The van der Waals surface area contributed by atoms with Gasteiger partial charge >= 0.3 is 0 Å². The molecule has 0 bridgehead atoms. The fraction of sp³-hybridized carbons (Fsp3) is 0.312. The van der Waals surface area contributed by atoms with E-state index in [-0.39, 0.29) is 0 Å². The van der Waals surface area contributed by atoms with Crippen LogP contribution in [0.2, 0.25) is 0 Å². The summed E-state index contributed by atoms with van der Waals surface area (Å²) in [4.78, 5) is 6.78. The maximum atomic E-state index is 4.43. The summed E-state index contributed by atoms with van der Waals surface area (Å²) in [5.41, 5.74) is 1.15. The van der Waals surface area contributed by atoms with Crippen molar-refractivity contribution in [2.75, 3.05) is 23.3 Å². The van der Waals surface area contributed by atoms with Crippen molar-refractivity contribution in [1.29, 1.82) is 0 Å². The molecule has 110 valence electrons. The first-order valence-corrected chi connectivity index (χ1v) is 8.68. The molecule has 3 nitrogen and oxygen atoms in total. The van der Waals surface area contributed by atoms with Crippen molar-refractivity contribution >= 4 is 43.4 Å². The minimum Gasteiger partial charge on any atom is -0.381 e. The van der Waals surface area contributed by atoms with Crippen molar-refractivity contribution in [1.82, 2.24) is 4.98 Å². The molecule has 0 atom stereocenters. The third kappa shape index (κ3) is 3.77. The molecule has 0 saturated carbocycles. The van der Waals surface area contributed by atoms with E-state index in [1.807, 2.05) is 24.4 Å². The first kappa shape index (κ1) is 14.9. The Hall–Kier alpha value is -1.07. The van der Waals surface area contributed by atoms with Crippen LogP contribution in [0.15, 0.2) is 51.5 Å². The highest BCUT2D eigenvalue weighted by Crippen LogP contribution is 2.28. The van der Waals surface area contributed by atoms with Gasteiger partial charge in [-0.1, -0.05) is 22.0 Å². The second-order valence-corrected chi connectivity index (χ2v) is 6.99. The molecule has 5 heteroatoms. The number of nitrogens with one attached hydrogen (secondary N) is 1. The van der Waals surface area contributed by atoms with Crippen LogP contribution in [0.1, 0.15) is 12.8 Å². The van der Waals surface area contributed by atoms with Crippen LogP contribution in [0.4, 0.5) is 11.5 Å². The lowest BCUT2D eigenvalue weighted by atomic mass is 10.0. The topological polar surface area (TPSA) is 28.2 Å². The predicted octanol–water partition coefficient (Wildman–Crippen LogP) is 4.69. The van der Waals surface area contributed by atoms with E-state index in [9.17, 15) is 0 Å². The lowest BCUT2D eigenvalue weighted by molar-refractivity contribution is 0.523. The summed E-state index contributed by atoms with van der Waals surface area (Å²) in [6.45, 7) is 2.08. The monoisotopic (exact) mass is 409 g/mol. The van der Waals surface area contributed by atoms with E-state index in [1.54, 1.807) is 0 Å². The zero-order valence-electron chi connectivity index (χ0n) is 11.6. The zero-order chi connectivity index (χ0) is 14.7. The molecule has 1 aliphatic heterocycles. The quantitative estimate of drug-likeness (QED) is 0.795. The van der Waals surface area contributed by atoms with Crippen molar-refractivity contribution in [3.8, 4) is 0 Å². The first-order chi connectivity index (χ1) is 10.2. The van der Waals surface area contributed by atoms with Gasteiger partial charge in [0.05, 0.1) is 0 Å². The second kappa shape index (κ2) is 6.79. The summed E-state index contributed by atoms with van der Waals surface area (Å²) in [6, 6.07) is 12.8. The summed E-state index contributed by atoms with van der Waals surface area (Å²) in [5.74, 6) is 1.08. The third-order valence-corrected chi connectivity index (χ3v) is 4.94. The molecule has 1 saturated heterocycles. The van der Waals surface area contributed by atoms with E-state index in [1.165, 1.54) is 0 Å². The summed E-state index contributed by atoms with van der Waals surface area (Å²) in [7, 11) is 0. The summed E-state index contributed by atoms with van der Waals surface area (Å²) in [5, 5.41) is 3.64. The van der Waals surface area contributed by atoms with E-state index in [0.29, 0.717) is 6.04 Å². The van der Waals surface area contributed by atoms with E-state index >= 15 is 0 Å². The van der Waals surface area contributed by atoms with E-state index in [0.717, 1.165) is 46.4 Å². The van der Waals surface area contributed by atoms with Crippen LogP contribution in [-0.4, -0.2) is 24.1 Å². The van der Waals surface area contributed by atoms with Crippen LogP contribution >= 0.6 is 31.9 Å². The fourth-order valence-corrected chi connectivity index (χ4v) is 3.34. The summed E-state index contributed by atoms with van der Waals surface area (Å²) < 4.78 is 2.21. The average Bonchev–Trinajstić information content (AvgIpc) is 2.53. The zero-order valence-corrected chi connectivity index (χ0v) is 14.8. The molecule has 1 aromatic heterocycles. The molecule has 1 N–H and O–H groups in total. The minimum atomic E-state index is 0.510. The van der Waals surface area contributed by atoms with Crippen molar-refractivity contribution in [2.24, 2.45) is 0 Å². The smallest absolute Gasteiger partial charge is 0.128 e. The average molecular weight is 411 g/mol. The van der Waals surface area contributed by atoms with Crippen LogP contribution in [0.3, 0.4) is 0 Å². The van der Waals surface area contributed by atoms with Gasteiger partial charge in [-0.25, -0.2) is 4.98 Å². The Labute approximate surface area is 142 Å². The lowest BCUT2D eigenvalue weighted by Gasteiger charge is -2.33. The Morgan fingerprint density at radius 1 is 1.10 bits per heavy atom. The molecule has 1 aromatic carbocycles. The highest BCUT2D eigenvalue weighted by Gasteiger charge is 2.20. The predicted molar refractivity (Wildman–Crippen MR) is 94.9 cm³/mol. The minimum absolute atomic E-state index is 0.510. The highest BCUT2D eigenvalue weighted by molar-refractivity contribution is 9.11. The molecule has 2 heterocycles. The Balaban J connectivity index is 1.60. The Bertz CT molecular complexity index is 596. The molecule has 1 aliphatic rings. The maximum Gasteiger partial charge on any atom is 0.128 e.